The smallest absolute Gasteiger partial charge is 0.279 e. The number of hydrogen-bond acceptors (Lipinski definition) is 6. The lowest BCUT2D eigenvalue weighted by Crippen LogP contribution is -2.47. The van der Waals surface area contributed by atoms with Gasteiger partial charge in [0, 0.05) is 6.42 Å². The third-order valence-corrected chi connectivity index (χ3v) is 4.59. The van der Waals surface area contributed by atoms with Crippen molar-refractivity contribution in [2.75, 3.05) is 6.61 Å². The minimum absolute atomic E-state index is 0.0567. The Hall–Kier alpha value is -4.08. The summed E-state index contributed by atoms with van der Waals surface area (Å²) < 4.78 is 12.0. The molecule has 0 aliphatic carbocycles. The zero-order valence-electron chi connectivity index (χ0n) is 17.7. The third-order valence-electron chi connectivity index (χ3n) is 4.59. The van der Waals surface area contributed by atoms with Crippen LogP contribution in [0.3, 0.4) is 0 Å². The Balaban J connectivity index is 1.50. The van der Waals surface area contributed by atoms with Crippen molar-refractivity contribution in [2.45, 2.75) is 32.9 Å². The summed E-state index contributed by atoms with van der Waals surface area (Å²) in [6.45, 7) is 3.91. The van der Waals surface area contributed by atoms with Gasteiger partial charge in [0.2, 0.25) is 5.91 Å². The van der Waals surface area contributed by atoms with Crippen LogP contribution in [0.1, 0.15) is 20.3 Å². The van der Waals surface area contributed by atoms with Crippen molar-refractivity contribution < 1.29 is 19.1 Å². The normalized spacial score (nSPS) is 11.6. The number of fused-ring (bicyclic) bond motifs is 1. The van der Waals surface area contributed by atoms with Crippen molar-refractivity contribution in [2.24, 2.45) is 0 Å². The molecule has 0 fully saturated rings. The highest BCUT2D eigenvalue weighted by Gasteiger charge is 2.16. The Morgan fingerprint density at radius 3 is 2.34 bits per heavy atom. The van der Waals surface area contributed by atoms with Crippen molar-refractivity contribution in [3.05, 3.63) is 69.2 Å². The lowest BCUT2D eigenvalue weighted by atomic mass is 10.2. The Kier molecular flexibility index (Phi) is 7.27. The summed E-state index contributed by atoms with van der Waals surface area (Å²) in [5, 5.41) is 3.00. The minimum atomic E-state index is -0.868. The summed E-state index contributed by atoms with van der Waals surface area (Å²) in [7, 11) is 0. The highest BCUT2D eigenvalue weighted by atomic mass is 16.5. The second kappa shape index (κ2) is 10.3. The lowest BCUT2D eigenvalue weighted by Gasteiger charge is -2.15. The monoisotopic (exact) mass is 440 g/mol. The molecule has 0 saturated carbocycles. The van der Waals surface area contributed by atoms with Crippen LogP contribution in [-0.4, -0.2) is 34.3 Å². The van der Waals surface area contributed by atoms with Gasteiger partial charge in [0.05, 0.1) is 23.9 Å². The summed E-state index contributed by atoms with van der Waals surface area (Å²) in [5.74, 6) is 0.0779. The largest absolute Gasteiger partial charge is 0.494 e. The van der Waals surface area contributed by atoms with E-state index >= 15 is 0 Å². The van der Waals surface area contributed by atoms with Gasteiger partial charge in [-0.3, -0.25) is 35.1 Å². The molecule has 10 nitrogen and oxygen atoms in total. The number of ether oxygens (including phenoxy) is 2. The molecular formula is C22H24N4O6. The van der Waals surface area contributed by atoms with E-state index in [4.69, 9.17) is 9.47 Å². The molecule has 0 radical (unpaired) electrons. The first-order valence-corrected chi connectivity index (χ1v) is 10.1. The van der Waals surface area contributed by atoms with Crippen LogP contribution in [-0.2, 0) is 16.1 Å². The molecule has 2 amide bonds. The Bertz CT molecular complexity index is 1220. The van der Waals surface area contributed by atoms with Gasteiger partial charge in [-0.15, -0.1) is 0 Å². The first kappa shape index (κ1) is 22.6. The number of amides is 2. The van der Waals surface area contributed by atoms with Gasteiger partial charge in [0.15, 0.2) is 6.10 Å². The standard InChI is InChI=1S/C22H24N4O6/c1-3-31-15-8-10-16(11-9-15)32-14(2)20(28)24-23-19(27)12-13-26-22(30)18-7-5-4-6-17(18)21(29)25-26/h4-11,14H,3,12-13H2,1-2H3,(H,23,27)(H,24,28)(H,25,29). The molecule has 3 rings (SSSR count). The molecule has 0 aliphatic rings. The van der Waals surface area contributed by atoms with E-state index in [2.05, 4.69) is 16.0 Å². The number of H-pyrrole nitrogens is 1. The van der Waals surface area contributed by atoms with Crippen LogP contribution in [0.4, 0.5) is 0 Å². The third kappa shape index (κ3) is 5.54. The number of carbonyl (C=O) groups excluding carboxylic acids is 2. The highest BCUT2D eigenvalue weighted by molar-refractivity contribution is 5.84. The molecule has 3 N–H and O–H groups in total. The first-order chi connectivity index (χ1) is 15.4. The average Bonchev–Trinajstić information content (AvgIpc) is 2.80. The van der Waals surface area contributed by atoms with E-state index in [9.17, 15) is 19.2 Å². The van der Waals surface area contributed by atoms with Gasteiger partial charge < -0.3 is 9.47 Å². The van der Waals surface area contributed by atoms with Gasteiger partial charge in [-0.1, -0.05) is 12.1 Å². The number of benzene rings is 2. The summed E-state index contributed by atoms with van der Waals surface area (Å²) >= 11 is 0. The van der Waals surface area contributed by atoms with Gasteiger partial charge in [0.1, 0.15) is 11.5 Å². The number of rotatable bonds is 8. The van der Waals surface area contributed by atoms with Crippen molar-refractivity contribution in [1.29, 1.82) is 0 Å². The second-order valence-electron chi connectivity index (χ2n) is 6.90. The van der Waals surface area contributed by atoms with Crippen LogP contribution in [0.2, 0.25) is 0 Å². The highest BCUT2D eigenvalue weighted by Crippen LogP contribution is 2.18. The maximum Gasteiger partial charge on any atom is 0.279 e. The van der Waals surface area contributed by atoms with Crippen LogP contribution in [0, 0.1) is 0 Å². The van der Waals surface area contributed by atoms with Gasteiger partial charge in [-0.05, 0) is 50.2 Å². The maximum absolute atomic E-state index is 12.4. The average molecular weight is 440 g/mol. The van der Waals surface area contributed by atoms with Gasteiger partial charge >= 0.3 is 0 Å². The fraction of sp³-hybridized carbons (Fsp3) is 0.273. The number of aromatic nitrogens is 2. The van der Waals surface area contributed by atoms with Crippen LogP contribution in [0.25, 0.3) is 10.8 Å². The summed E-state index contributed by atoms with van der Waals surface area (Å²) in [4.78, 5) is 48.8. The molecule has 0 bridgehead atoms. The zero-order chi connectivity index (χ0) is 23.1. The van der Waals surface area contributed by atoms with Crippen molar-refractivity contribution in [3.8, 4) is 11.5 Å². The number of carbonyl (C=O) groups is 2. The van der Waals surface area contributed by atoms with E-state index in [1.807, 2.05) is 6.92 Å². The van der Waals surface area contributed by atoms with Crippen LogP contribution >= 0.6 is 0 Å². The summed E-state index contributed by atoms with van der Waals surface area (Å²) in [5.41, 5.74) is 3.72. The van der Waals surface area contributed by atoms with E-state index in [-0.39, 0.29) is 23.7 Å². The Labute approximate surface area is 183 Å². The van der Waals surface area contributed by atoms with Crippen molar-refractivity contribution in [3.63, 3.8) is 0 Å². The van der Waals surface area contributed by atoms with E-state index < -0.39 is 29.0 Å². The molecule has 32 heavy (non-hydrogen) atoms. The topological polar surface area (TPSA) is 132 Å². The number of nitrogens with zero attached hydrogens (tertiary/aromatic N) is 1. The molecule has 3 aromatic rings. The molecule has 0 saturated heterocycles. The fourth-order valence-corrected chi connectivity index (χ4v) is 2.95. The van der Waals surface area contributed by atoms with Crippen molar-refractivity contribution >= 4 is 22.6 Å². The van der Waals surface area contributed by atoms with E-state index in [0.29, 0.717) is 18.1 Å². The van der Waals surface area contributed by atoms with Gasteiger partial charge in [-0.2, -0.15) is 0 Å². The quantitative estimate of drug-likeness (QED) is 0.450. The number of hydrazine groups is 1. The van der Waals surface area contributed by atoms with Crippen LogP contribution in [0.5, 0.6) is 11.5 Å². The van der Waals surface area contributed by atoms with Gasteiger partial charge in [0.25, 0.3) is 17.0 Å². The molecule has 0 spiro atoms. The molecule has 168 valence electrons. The van der Waals surface area contributed by atoms with E-state index in [1.54, 1.807) is 48.5 Å². The SMILES string of the molecule is CCOc1ccc(OC(C)C(=O)NNC(=O)CCn2[nH]c(=O)c3ccccc3c2=O)cc1. The Morgan fingerprint density at radius 1 is 1.00 bits per heavy atom. The van der Waals surface area contributed by atoms with E-state index in [1.165, 1.54) is 6.92 Å². The summed E-state index contributed by atoms with van der Waals surface area (Å²) in [6.07, 6.45) is -1.00. The van der Waals surface area contributed by atoms with Gasteiger partial charge in [-0.25, -0.2) is 4.68 Å². The molecule has 1 atom stereocenters. The number of hydrogen-bond donors (Lipinski definition) is 3. The van der Waals surface area contributed by atoms with Crippen molar-refractivity contribution in [1.82, 2.24) is 20.6 Å². The predicted octanol–water partition coefficient (Wildman–Crippen LogP) is 1.09. The maximum atomic E-state index is 12.4. The molecule has 1 aromatic heterocycles. The summed E-state index contributed by atoms with van der Waals surface area (Å²) in [6, 6.07) is 13.2. The van der Waals surface area contributed by atoms with Crippen LogP contribution in [0.15, 0.2) is 58.1 Å². The molecule has 1 unspecified atom stereocenters. The number of aryl methyl sites for hydroxylation is 1. The second-order valence-corrected chi connectivity index (χ2v) is 6.90. The molecular weight excluding hydrogens is 416 g/mol. The fourth-order valence-electron chi connectivity index (χ4n) is 2.95. The zero-order valence-corrected chi connectivity index (χ0v) is 17.7. The molecule has 10 heteroatoms. The predicted molar refractivity (Wildman–Crippen MR) is 117 cm³/mol. The lowest BCUT2D eigenvalue weighted by molar-refractivity contribution is -0.132. The molecule has 2 aromatic carbocycles. The first-order valence-electron chi connectivity index (χ1n) is 10.1. The van der Waals surface area contributed by atoms with Crippen LogP contribution < -0.4 is 31.4 Å². The molecule has 0 aliphatic heterocycles. The Morgan fingerprint density at radius 2 is 1.66 bits per heavy atom. The number of aromatic amines is 1. The molecule has 1 heterocycles. The minimum Gasteiger partial charge on any atom is -0.494 e. The number of nitrogens with one attached hydrogen (secondary N) is 3. The van der Waals surface area contributed by atoms with E-state index in [0.717, 1.165) is 4.68 Å².